The molecular formula is C48H34N2. The number of hydrogen-bond acceptors (Lipinski definition) is 2. The van der Waals surface area contributed by atoms with Crippen LogP contribution >= 0.6 is 0 Å². The summed E-state index contributed by atoms with van der Waals surface area (Å²) in [5, 5.41) is 8.87. The molecule has 0 saturated carbocycles. The molecule has 236 valence electrons. The molecule has 2 aromatic heterocycles. The van der Waals surface area contributed by atoms with Gasteiger partial charge in [0.1, 0.15) is 0 Å². The number of allylic oxidation sites excluding steroid dienone is 2. The molecule has 0 saturated heterocycles. The second kappa shape index (κ2) is 11.8. The number of aromatic nitrogens is 2. The summed E-state index contributed by atoms with van der Waals surface area (Å²) in [6.45, 7) is 0. The summed E-state index contributed by atoms with van der Waals surface area (Å²) in [7, 11) is 0. The summed E-state index contributed by atoms with van der Waals surface area (Å²) in [5.41, 5.74) is 12.1. The third-order valence-electron chi connectivity index (χ3n) is 10.7. The van der Waals surface area contributed by atoms with E-state index in [9.17, 15) is 0 Å². The maximum atomic E-state index is 4.95. The van der Waals surface area contributed by atoms with Gasteiger partial charge in [-0.3, -0.25) is 9.97 Å². The van der Waals surface area contributed by atoms with Crippen LogP contribution in [0.4, 0.5) is 0 Å². The Labute approximate surface area is 291 Å². The first-order chi connectivity index (χ1) is 24.8. The van der Waals surface area contributed by atoms with E-state index < -0.39 is 0 Å². The van der Waals surface area contributed by atoms with E-state index in [0.29, 0.717) is 5.92 Å². The minimum atomic E-state index is 0.348. The number of benzene rings is 6. The highest BCUT2D eigenvalue weighted by Gasteiger charge is 2.30. The van der Waals surface area contributed by atoms with E-state index in [1.165, 1.54) is 71.8 Å². The monoisotopic (exact) mass is 638 g/mol. The predicted molar refractivity (Wildman–Crippen MR) is 208 cm³/mol. The van der Waals surface area contributed by atoms with E-state index in [0.717, 1.165) is 40.6 Å². The van der Waals surface area contributed by atoms with Gasteiger partial charge in [-0.2, -0.15) is 0 Å². The highest BCUT2D eigenvalue weighted by Crippen LogP contribution is 2.43. The number of para-hydroxylation sites is 1. The quantitative estimate of drug-likeness (QED) is 0.192. The molecule has 50 heavy (non-hydrogen) atoms. The van der Waals surface area contributed by atoms with Gasteiger partial charge in [-0.05, 0) is 121 Å². The van der Waals surface area contributed by atoms with Gasteiger partial charge >= 0.3 is 0 Å². The average molecular weight is 639 g/mol. The Morgan fingerprint density at radius 1 is 0.460 bits per heavy atom. The van der Waals surface area contributed by atoms with Crippen molar-refractivity contribution in [3.63, 3.8) is 0 Å². The summed E-state index contributed by atoms with van der Waals surface area (Å²) >= 11 is 0. The molecule has 6 aromatic carbocycles. The average Bonchev–Trinajstić information content (AvgIpc) is 3.19. The molecule has 2 aliphatic rings. The summed E-state index contributed by atoms with van der Waals surface area (Å²) in [6.07, 6.45) is 9.94. The molecule has 2 nitrogen and oxygen atoms in total. The summed E-state index contributed by atoms with van der Waals surface area (Å²) in [5.74, 6) is 0.348. The number of rotatable bonds is 4. The van der Waals surface area contributed by atoms with Crippen LogP contribution in [0.2, 0.25) is 0 Å². The molecule has 0 fully saturated rings. The van der Waals surface area contributed by atoms with Gasteiger partial charge in [-0.25, -0.2) is 0 Å². The number of hydrogen-bond donors (Lipinski definition) is 0. The Hall–Kier alpha value is -6.12. The molecule has 0 amide bonds. The first-order valence-electron chi connectivity index (χ1n) is 17.7. The van der Waals surface area contributed by atoms with Crippen molar-refractivity contribution in [2.24, 2.45) is 5.92 Å². The second-order valence-corrected chi connectivity index (χ2v) is 13.7. The van der Waals surface area contributed by atoms with Crippen LogP contribution in [0.3, 0.4) is 0 Å². The number of pyridine rings is 2. The Balaban J connectivity index is 1.20. The highest BCUT2D eigenvalue weighted by atomic mass is 14.7. The van der Waals surface area contributed by atoms with Gasteiger partial charge in [-0.1, -0.05) is 115 Å². The number of nitrogens with zero attached hydrogens (tertiary/aromatic N) is 2. The normalized spacial score (nSPS) is 15.6. The second-order valence-electron chi connectivity index (χ2n) is 13.7. The Morgan fingerprint density at radius 2 is 1.10 bits per heavy atom. The maximum Gasteiger partial charge on any atom is 0.0718 e. The molecule has 0 bridgehead atoms. The van der Waals surface area contributed by atoms with Gasteiger partial charge in [0, 0.05) is 34.8 Å². The van der Waals surface area contributed by atoms with E-state index >= 15 is 0 Å². The molecule has 2 heterocycles. The molecule has 1 unspecified atom stereocenters. The molecule has 0 spiro atoms. The maximum absolute atomic E-state index is 4.95. The van der Waals surface area contributed by atoms with Crippen LogP contribution in [-0.2, 0) is 0 Å². The lowest BCUT2D eigenvalue weighted by molar-refractivity contribution is 0.619. The van der Waals surface area contributed by atoms with Crippen LogP contribution in [-0.4, -0.2) is 9.97 Å². The molecule has 0 aliphatic heterocycles. The zero-order chi connectivity index (χ0) is 33.0. The first-order valence-corrected chi connectivity index (χ1v) is 17.7. The van der Waals surface area contributed by atoms with Crippen molar-refractivity contribution in [1.82, 2.24) is 9.97 Å². The third-order valence-corrected chi connectivity index (χ3v) is 10.7. The predicted octanol–water partition coefficient (Wildman–Crippen LogP) is 10.4. The van der Waals surface area contributed by atoms with Crippen LogP contribution < -0.4 is 10.4 Å². The smallest absolute Gasteiger partial charge is 0.0718 e. The molecule has 8 aromatic rings. The SMILES string of the molecule is C1=C2C(c3ccc4ccccc4c3)=c3cc(-c4ccc(-c5cnc6ccccc6c5)nc4)ccc3=C(c3ccc4ccccc4c3)C2CCC1. The zero-order valence-electron chi connectivity index (χ0n) is 27.7. The van der Waals surface area contributed by atoms with Crippen LogP contribution in [0.5, 0.6) is 0 Å². The van der Waals surface area contributed by atoms with Crippen molar-refractivity contribution in [1.29, 1.82) is 0 Å². The van der Waals surface area contributed by atoms with Crippen molar-refractivity contribution < 1.29 is 0 Å². The van der Waals surface area contributed by atoms with E-state index in [1.54, 1.807) is 0 Å². The van der Waals surface area contributed by atoms with E-state index in [-0.39, 0.29) is 0 Å². The molecule has 2 aliphatic carbocycles. The van der Waals surface area contributed by atoms with Crippen molar-refractivity contribution in [2.45, 2.75) is 19.3 Å². The lowest BCUT2D eigenvalue weighted by Crippen LogP contribution is -2.38. The Kier molecular flexibility index (Phi) is 6.80. The molecule has 2 heteroatoms. The Bertz CT molecular complexity index is 2790. The Morgan fingerprint density at radius 3 is 1.88 bits per heavy atom. The fraction of sp³-hybridized carbons (Fsp3) is 0.0833. The largest absolute Gasteiger partial charge is 0.256 e. The highest BCUT2D eigenvalue weighted by molar-refractivity contribution is 5.94. The van der Waals surface area contributed by atoms with Gasteiger partial charge in [0.05, 0.1) is 11.2 Å². The van der Waals surface area contributed by atoms with Crippen molar-refractivity contribution in [2.75, 3.05) is 0 Å². The third kappa shape index (κ3) is 4.87. The molecule has 0 N–H and O–H groups in total. The minimum absolute atomic E-state index is 0.348. The van der Waals surface area contributed by atoms with E-state index in [4.69, 9.17) is 4.98 Å². The fourth-order valence-corrected chi connectivity index (χ4v) is 8.29. The van der Waals surface area contributed by atoms with Gasteiger partial charge in [-0.15, -0.1) is 0 Å². The van der Waals surface area contributed by atoms with Crippen molar-refractivity contribution in [3.05, 3.63) is 191 Å². The van der Waals surface area contributed by atoms with Gasteiger partial charge in [0.25, 0.3) is 0 Å². The van der Waals surface area contributed by atoms with Gasteiger partial charge < -0.3 is 0 Å². The van der Waals surface area contributed by atoms with E-state index in [2.05, 4.69) is 145 Å². The fourth-order valence-electron chi connectivity index (χ4n) is 8.29. The standard InChI is InChI=1S/C48H34N2/c1-3-11-33-25-37(19-17-31(33)9-1)47-41-14-6-7-15-42(41)48(38-20-18-32-10-2-4-12-34(32)26-38)44-28-35(21-23-43(44)47)39-22-24-46(49-29-39)40-27-36-13-5-8-16-45(36)50-30-40/h1-5,8-13,15-30,41H,6-7,14H2. The van der Waals surface area contributed by atoms with Crippen LogP contribution in [0.15, 0.2) is 170 Å². The first kappa shape index (κ1) is 28.9. The minimum Gasteiger partial charge on any atom is -0.256 e. The van der Waals surface area contributed by atoms with Crippen molar-refractivity contribution >= 4 is 43.6 Å². The lowest BCUT2D eigenvalue weighted by atomic mass is 9.70. The van der Waals surface area contributed by atoms with E-state index in [1.807, 2.05) is 24.5 Å². The zero-order valence-corrected chi connectivity index (χ0v) is 27.7. The molecule has 0 radical (unpaired) electrons. The van der Waals surface area contributed by atoms with Crippen LogP contribution in [0.25, 0.3) is 66.0 Å². The van der Waals surface area contributed by atoms with Crippen LogP contribution in [0.1, 0.15) is 30.4 Å². The molecular weight excluding hydrogens is 605 g/mol. The lowest BCUT2D eigenvalue weighted by Gasteiger charge is -2.33. The topological polar surface area (TPSA) is 25.8 Å². The summed E-state index contributed by atoms with van der Waals surface area (Å²) in [6, 6.07) is 53.3. The summed E-state index contributed by atoms with van der Waals surface area (Å²) < 4.78 is 0. The molecule has 10 rings (SSSR count). The summed E-state index contributed by atoms with van der Waals surface area (Å²) in [4.78, 5) is 9.62. The number of fused-ring (bicyclic) bond motifs is 5. The van der Waals surface area contributed by atoms with Crippen molar-refractivity contribution in [3.8, 4) is 22.4 Å². The van der Waals surface area contributed by atoms with Gasteiger partial charge in [0.15, 0.2) is 0 Å². The van der Waals surface area contributed by atoms with Gasteiger partial charge in [0.2, 0.25) is 0 Å². The molecule has 1 atom stereocenters. The van der Waals surface area contributed by atoms with Crippen LogP contribution in [0, 0.1) is 5.92 Å².